The van der Waals surface area contributed by atoms with Crippen molar-refractivity contribution in [1.29, 1.82) is 0 Å². The van der Waals surface area contributed by atoms with Gasteiger partial charge in [0, 0.05) is 52.6 Å². The summed E-state index contributed by atoms with van der Waals surface area (Å²) in [6, 6.07) is 14.2. The van der Waals surface area contributed by atoms with Crippen molar-refractivity contribution in [3.8, 4) is 0 Å². The minimum Gasteiger partial charge on any atom is -0.445 e. The summed E-state index contributed by atoms with van der Waals surface area (Å²) in [6.07, 6.45) is -1.99. The molecule has 21 nitrogen and oxygen atoms in total. The van der Waals surface area contributed by atoms with E-state index >= 15 is 0 Å². The number of carbonyl (C=O) groups is 8. The van der Waals surface area contributed by atoms with Gasteiger partial charge in [-0.2, -0.15) is 0 Å². The Kier molecular flexibility index (Phi) is 21.8. The zero-order chi connectivity index (χ0) is 47.1. The molecule has 2 aromatic carbocycles. The monoisotopic (exact) mass is 898 g/mol. The van der Waals surface area contributed by atoms with E-state index in [4.69, 9.17) is 14.2 Å². The van der Waals surface area contributed by atoms with Crippen LogP contribution in [0.2, 0.25) is 0 Å². The van der Waals surface area contributed by atoms with Crippen LogP contribution < -0.4 is 26.6 Å². The number of amides is 8. The first-order valence-electron chi connectivity index (χ1n) is 21.1. The maximum atomic E-state index is 14.1. The van der Waals surface area contributed by atoms with E-state index < -0.39 is 71.5 Å². The number of alkyl carbamates (subject to hydrolysis) is 2. The average molecular weight is 899 g/mol. The van der Waals surface area contributed by atoms with Gasteiger partial charge in [-0.25, -0.2) is 24.5 Å². The predicted octanol–water partition coefficient (Wildman–Crippen LogP) is 2.73. The predicted molar refractivity (Wildman–Crippen MR) is 228 cm³/mol. The van der Waals surface area contributed by atoms with Crippen molar-refractivity contribution in [2.45, 2.75) is 109 Å². The Hall–Kier alpha value is -6.48. The van der Waals surface area contributed by atoms with Crippen LogP contribution in [0.4, 0.5) is 14.4 Å². The first kappa shape index (κ1) is 51.9. The normalized spacial score (nSPS) is 14.5. The van der Waals surface area contributed by atoms with Gasteiger partial charge in [-0.1, -0.05) is 60.7 Å². The molecule has 1 aliphatic rings. The van der Waals surface area contributed by atoms with E-state index in [-0.39, 0.29) is 90.9 Å². The summed E-state index contributed by atoms with van der Waals surface area (Å²) in [5.41, 5.74) is 0.760. The molecule has 0 aliphatic carbocycles. The van der Waals surface area contributed by atoms with E-state index in [0.29, 0.717) is 22.1 Å². The Morgan fingerprint density at radius 3 is 2.05 bits per heavy atom. The molecule has 3 atom stereocenters. The van der Waals surface area contributed by atoms with Gasteiger partial charge < -0.3 is 40.8 Å². The van der Waals surface area contributed by atoms with Crippen molar-refractivity contribution >= 4 is 47.8 Å². The largest absolute Gasteiger partial charge is 0.445 e. The molecule has 352 valence electrons. The van der Waals surface area contributed by atoms with Crippen LogP contribution in [0.5, 0.6) is 0 Å². The number of ether oxygens (including phenoxy) is 3. The molecule has 0 unspecified atom stereocenters. The number of rotatable bonds is 23. The van der Waals surface area contributed by atoms with E-state index in [9.17, 15) is 48.8 Å². The third-order valence-electron chi connectivity index (χ3n) is 9.60. The second-order valence-electron chi connectivity index (χ2n) is 16.0. The Bertz CT molecular complexity index is 1850. The molecule has 1 aliphatic heterocycles. The lowest BCUT2D eigenvalue weighted by molar-refractivity contribution is -0.173. The van der Waals surface area contributed by atoms with E-state index in [0.717, 1.165) is 10.5 Å². The summed E-state index contributed by atoms with van der Waals surface area (Å²) in [6.45, 7) is 4.78. The van der Waals surface area contributed by atoms with E-state index in [1.54, 1.807) is 75.4 Å². The van der Waals surface area contributed by atoms with Gasteiger partial charge in [0.2, 0.25) is 23.6 Å². The van der Waals surface area contributed by atoms with Crippen LogP contribution in [0.25, 0.3) is 0 Å². The smallest absolute Gasteiger partial charge is 0.410 e. The first-order chi connectivity index (χ1) is 30.4. The van der Waals surface area contributed by atoms with Gasteiger partial charge >= 0.3 is 18.3 Å². The van der Waals surface area contributed by atoms with Gasteiger partial charge in [-0.15, -0.1) is 0 Å². The lowest BCUT2D eigenvalue weighted by atomic mass is 10.0. The lowest BCUT2D eigenvalue weighted by Gasteiger charge is -2.31. The second-order valence-corrected chi connectivity index (χ2v) is 16.0. The highest BCUT2D eigenvalue weighted by atomic mass is 16.6. The Labute approximate surface area is 372 Å². The van der Waals surface area contributed by atoms with Crippen molar-refractivity contribution in [1.82, 2.24) is 41.6 Å². The van der Waals surface area contributed by atoms with Crippen LogP contribution in [-0.2, 0) is 51.4 Å². The van der Waals surface area contributed by atoms with Gasteiger partial charge in [-0.05, 0) is 70.4 Å². The Morgan fingerprint density at radius 1 is 0.797 bits per heavy atom. The molecule has 1 heterocycles. The third-order valence-corrected chi connectivity index (χ3v) is 9.60. The van der Waals surface area contributed by atoms with Crippen molar-refractivity contribution in [3.63, 3.8) is 0 Å². The summed E-state index contributed by atoms with van der Waals surface area (Å²) in [4.78, 5) is 104. The highest BCUT2D eigenvalue weighted by Gasteiger charge is 2.34. The van der Waals surface area contributed by atoms with Crippen LogP contribution in [0.1, 0.15) is 83.3 Å². The third kappa shape index (κ3) is 19.7. The SMILES string of the molecule is CN(C(=O)OCc1ccccc1)[C@@H](CCCN(O)C(=O)CCNC(=O)CCNC(=O)OC(C)(C)C)C(=O)N[C@@H](CCCNC(=O)OCc1ccccc1)C(=O)N[C@H]1CCCN(O)C1=O. The number of hydrogen-bond donors (Lipinski definition) is 7. The molecule has 1 fully saturated rings. The maximum Gasteiger partial charge on any atom is 0.410 e. The molecule has 1 saturated heterocycles. The number of likely N-dealkylation sites (N-methyl/N-ethyl adjacent to an activating group) is 1. The zero-order valence-corrected chi connectivity index (χ0v) is 36.8. The van der Waals surface area contributed by atoms with Gasteiger partial charge in [0.25, 0.3) is 5.91 Å². The number of hydroxylamine groups is 4. The van der Waals surface area contributed by atoms with Gasteiger partial charge in [0.1, 0.15) is 36.9 Å². The molecule has 21 heteroatoms. The van der Waals surface area contributed by atoms with Crippen LogP contribution in [0.15, 0.2) is 60.7 Å². The van der Waals surface area contributed by atoms with Crippen molar-refractivity contribution < 1.29 is 63.0 Å². The minimum absolute atomic E-state index is 0.00108. The van der Waals surface area contributed by atoms with E-state index in [1.807, 2.05) is 6.07 Å². The first-order valence-corrected chi connectivity index (χ1v) is 21.1. The lowest BCUT2D eigenvalue weighted by Crippen LogP contribution is -2.58. The Balaban J connectivity index is 1.64. The molecule has 0 spiro atoms. The Morgan fingerprint density at radius 2 is 1.41 bits per heavy atom. The molecule has 0 bridgehead atoms. The number of hydrogen-bond acceptors (Lipinski definition) is 13. The summed E-state index contributed by atoms with van der Waals surface area (Å²) < 4.78 is 15.8. The van der Waals surface area contributed by atoms with Gasteiger partial charge in [-0.3, -0.25) is 39.3 Å². The number of carbonyl (C=O) groups excluding carboxylic acids is 8. The quantitative estimate of drug-likeness (QED) is 0.0366. The van der Waals surface area contributed by atoms with Crippen LogP contribution in [-0.4, -0.2) is 137 Å². The van der Waals surface area contributed by atoms with Crippen LogP contribution >= 0.6 is 0 Å². The van der Waals surface area contributed by atoms with E-state index in [1.165, 1.54) is 7.05 Å². The molecular formula is C43H62N8O13. The number of nitrogens with zero attached hydrogens (tertiary/aromatic N) is 3. The average Bonchev–Trinajstić information content (AvgIpc) is 3.25. The number of nitrogens with one attached hydrogen (secondary N) is 5. The van der Waals surface area contributed by atoms with Gasteiger partial charge in [0.15, 0.2) is 0 Å². The highest BCUT2D eigenvalue weighted by Crippen LogP contribution is 2.14. The molecule has 8 amide bonds. The standard InChI is InChI=1S/C43H62N8O13/c1-43(2,3)64-41(58)46-24-21-35(52)44-25-22-36(53)50(60)26-13-20-34(49(4)42(59)63-29-31-16-9-6-10-17-31)38(55)47-32(37(54)48-33-19-12-27-51(61)39(33)56)18-11-23-45-40(57)62-28-30-14-7-5-8-15-30/h5-10,14-17,32-34,60-61H,11-13,18-29H2,1-4H3,(H,44,52)(H,45,57)(H,46,58)(H,47,55)(H,48,54)/t32-,33-,34-/m0/s1. The fourth-order valence-electron chi connectivity index (χ4n) is 6.20. The molecular weight excluding hydrogens is 837 g/mol. The number of piperidine rings is 1. The van der Waals surface area contributed by atoms with Crippen LogP contribution in [0.3, 0.4) is 0 Å². The summed E-state index contributed by atoms with van der Waals surface area (Å²) >= 11 is 0. The van der Waals surface area contributed by atoms with Crippen LogP contribution in [0, 0.1) is 0 Å². The fraction of sp³-hybridized carbons (Fsp3) is 0.535. The zero-order valence-electron chi connectivity index (χ0n) is 36.8. The van der Waals surface area contributed by atoms with E-state index in [2.05, 4.69) is 26.6 Å². The van der Waals surface area contributed by atoms with Gasteiger partial charge in [0.05, 0.1) is 0 Å². The molecule has 64 heavy (non-hydrogen) atoms. The summed E-state index contributed by atoms with van der Waals surface area (Å²) in [5, 5.41) is 34.3. The molecule has 3 rings (SSSR count). The maximum absolute atomic E-state index is 14.1. The minimum atomic E-state index is -1.30. The molecule has 0 radical (unpaired) electrons. The number of benzene rings is 2. The fourth-order valence-corrected chi connectivity index (χ4v) is 6.20. The topological polar surface area (TPSA) is 275 Å². The van der Waals surface area contributed by atoms with Crippen molar-refractivity contribution in [3.05, 3.63) is 71.8 Å². The molecule has 2 aromatic rings. The summed E-state index contributed by atoms with van der Waals surface area (Å²) in [7, 11) is 1.32. The molecule has 0 saturated carbocycles. The molecule has 0 aromatic heterocycles. The molecule has 7 N–H and O–H groups in total. The highest BCUT2D eigenvalue weighted by molar-refractivity contribution is 5.94. The van der Waals surface area contributed by atoms with Crippen molar-refractivity contribution in [2.24, 2.45) is 0 Å². The summed E-state index contributed by atoms with van der Waals surface area (Å²) in [5.74, 6) is -3.45. The van der Waals surface area contributed by atoms with Crippen molar-refractivity contribution in [2.75, 3.05) is 39.8 Å². The second kappa shape index (κ2) is 26.9.